The minimum absolute atomic E-state index is 0.606. The maximum Gasteiger partial charge on any atom is 0.0180 e. The molecule has 2 rings (SSSR count). The van der Waals surface area contributed by atoms with Crippen LogP contribution in [0.25, 0.3) is 0 Å². The number of rotatable bonds is 3. The fourth-order valence-electron chi connectivity index (χ4n) is 1.60. The summed E-state index contributed by atoms with van der Waals surface area (Å²) in [6.45, 7) is 2.71. The highest BCUT2D eigenvalue weighted by Crippen LogP contribution is 2.29. The molecule has 0 aliphatic carbocycles. The molecule has 0 aliphatic rings. The lowest BCUT2D eigenvalue weighted by atomic mass is 10.1. The van der Waals surface area contributed by atoms with E-state index in [0.717, 1.165) is 4.47 Å². The molecule has 2 aromatic rings. The predicted octanol–water partition coefficient (Wildman–Crippen LogP) is 4.37. The van der Waals surface area contributed by atoms with Gasteiger partial charge in [0.05, 0.1) is 0 Å². The van der Waals surface area contributed by atoms with Gasteiger partial charge in [0.1, 0.15) is 0 Å². The second kappa shape index (κ2) is 5.71. The molecule has 3 heteroatoms. The van der Waals surface area contributed by atoms with Gasteiger partial charge in [-0.15, -0.1) is 0 Å². The Hall–Kier alpha value is -0.770. The highest BCUT2D eigenvalue weighted by molar-refractivity contribution is 9.10. The molecule has 0 atom stereocenters. The summed E-state index contributed by atoms with van der Waals surface area (Å²) >= 11 is 5.21. The van der Waals surface area contributed by atoms with Crippen molar-refractivity contribution in [1.82, 2.24) is 0 Å². The van der Waals surface area contributed by atoms with Crippen LogP contribution in [-0.2, 0) is 6.54 Å². The Kier molecular flexibility index (Phi) is 4.26. The van der Waals surface area contributed by atoms with Gasteiger partial charge in [-0.1, -0.05) is 33.8 Å². The molecular weight excluding hydrogens is 294 g/mol. The van der Waals surface area contributed by atoms with Crippen LogP contribution in [0.5, 0.6) is 0 Å². The van der Waals surface area contributed by atoms with Gasteiger partial charge in [0.2, 0.25) is 0 Å². The third kappa shape index (κ3) is 3.35. The highest BCUT2D eigenvalue weighted by atomic mass is 79.9. The topological polar surface area (TPSA) is 26.0 Å². The van der Waals surface area contributed by atoms with Crippen LogP contribution in [-0.4, -0.2) is 0 Å². The smallest absolute Gasteiger partial charge is 0.0180 e. The van der Waals surface area contributed by atoms with Crippen LogP contribution in [0.15, 0.2) is 56.7 Å². The minimum atomic E-state index is 0.606. The van der Waals surface area contributed by atoms with Crippen LogP contribution in [0.1, 0.15) is 11.1 Å². The van der Waals surface area contributed by atoms with Crippen molar-refractivity contribution in [1.29, 1.82) is 0 Å². The first-order valence-corrected chi connectivity index (χ1v) is 7.03. The molecule has 0 radical (unpaired) electrons. The van der Waals surface area contributed by atoms with E-state index in [0.29, 0.717) is 6.54 Å². The van der Waals surface area contributed by atoms with Crippen molar-refractivity contribution in [2.24, 2.45) is 5.73 Å². The SMILES string of the molecule is Cc1cc(Sc2ccc(Br)cc2)ccc1CN. The van der Waals surface area contributed by atoms with Gasteiger partial charge in [-0.3, -0.25) is 0 Å². The molecule has 0 aromatic heterocycles. The zero-order valence-electron chi connectivity index (χ0n) is 9.61. The summed E-state index contributed by atoms with van der Waals surface area (Å²) in [6, 6.07) is 14.8. The average molecular weight is 308 g/mol. The summed E-state index contributed by atoms with van der Waals surface area (Å²) in [5.41, 5.74) is 8.13. The molecule has 0 aliphatic heterocycles. The number of nitrogens with two attached hydrogens (primary N) is 1. The summed E-state index contributed by atoms with van der Waals surface area (Å²) in [5, 5.41) is 0. The number of hydrogen-bond acceptors (Lipinski definition) is 2. The second-order valence-electron chi connectivity index (χ2n) is 3.85. The largest absolute Gasteiger partial charge is 0.326 e. The molecule has 0 saturated heterocycles. The van der Waals surface area contributed by atoms with Crippen LogP contribution in [0.4, 0.5) is 0 Å². The predicted molar refractivity (Wildman–Crippen MR) is 77.3 cm³/mol. The third-order valence-corrected chi connectivity index (χ3v) is 4.11. The number of aryl methyl sites for hydroxylation is 1. The van der Waals surface area contributed by atoms with Crippen molar-refractivity contribution in [3.8, 4) is 0 Å². The van der Waals surface area contributed by atoms with Gasteiger partial charge in [-0.2, -0.15) is 0 Å². The molecule has 2 N–H and O–H groups in total. The van der Waals surface area contributed by atoms with Crippen LogP contribution in [0.2, 0.25) is 0 Å². The second-order valence-corrected chi connectivity index (χ2v) is 5.91. The molecule has 2 aromatic carbocycles. The lowest BCUT2D eigenvalue weighted by Crippen LogP contribution is -1.98. The van der Waals surface area contributed by atoms with Crippen LogP contribution < -0.4 is 5.73 Å². The molecule has 0 spiro atoms. The van der Waals surface area contributed by atoms with Gasteiger partial charge in [-0.25, -0.2) is 0 Å². The summed E-state index contributed by atoms with van der Waals surface area (Å²) in [6.07, 6.45) is 0. The van der Waals surface area contributed by atoms with Gasteiger partial charge < -0.3 is 5.73 Å². The quantitative estimate of drug-likeness (QED) is 0.911. The first kappa shape index (κ1) is 12.7. The number of hydrogen-bond donors (Lipinski definition) is 1. The van der Waals surface area contributed by atoms with E-state index in [4.69, 9.17) is 5.73 Å². The van der Waals surface area contributed by atoms with E-state index >= 15 is 0 Å². The van der Waals surface area contributed by atoms with Gasteiger partial charge in [0.25, 0.3) is 0 Å². The van der Waals surface area contributed by atoms with E-state index in [9.17, 15) is 0 Å². The van der Waals surface area contributed by atoms with Crippen molar-refractivity contribution < 1.29 is 0 Å². The molecule has 0 fully saturated rings. The molecule has 0 amide bonds. The average Bonchev–Trinajstić information content (AvgIpc) is 2.32. The van der Waals surface area contributed by atoms with Crippen molar-refractivity contribution >= 4 is 27.7 Å². The molecule has 17 heavy (non-hydrogen) atoms. The zero-order chi connectivity index (χ0) is 12.3. The maximum absolute atomic E-state index is 5.66. The molecule has 0 saturated carbocycles. The van der Waals surface area contributed by atoms with Gasteiger partial charge in [-0.05, 0) is 54.4 Å². The van der Waals surface area contributed by atoms with Crippen LogP contribution in [0, 0.1) is 6.92 Å². The Bertz CT molecular complexity index is 508. The van der Waals surface area contributed by atoms with E-state index in [-0.39, 0.29) is 0 Å². The molecule has 0 bridgehead atoms. The Morgan fingerprint density at radius 3 is 2.29 bits per heavy atom. The normalized spacial score (nSPS) is 10.5. The molecule has 0 unspecified atom stereocenters. The van der Waals surface area contributed by atoms with Crippen molar-refractivity contribution in [2.45, 2.75) is 23.3 Å². The summed E-state index contributed by atoms with van der Waals surface area (Å²) < 4.78 is 1.11. The van der Waals surface area contributed by atoms with E-state index in [1.165, 1.54) is 20.9 Å². The standard InChI is InChI=1S/C14H14BrNS/c1-10-8-14(5-2-11(10)9-16)17-13-6-3-12(15)4-7-13/h2-8H,9,16H2,1H3. The van der Waals surface area contributed by atoms with Gasteiger partial charge in [0, 0.05) is 20.8 Å². The fourth-order valence-corrected chi connectivity index (χ4v) is 2.78. The highest BCUT2D eigenvalue weighted by Gasteiger charge is 2.01. The van der Waals surface area contributed by atoms with E-state index in [2.05, 4.69) is 65.3 Å². The zero-order valence-corrected chi connectivity index (χ0v) is 12.0. The van der Waals surface area contributed by atoms with Gasteiger partial charge >= 0.3 is 0 Å². The maximum atomic E-state index is 5.66. The minimum Gasteiger partial charge on any atom is -0.326 e. The van der Waals surface area contributed by atoms with Gasteiger partial charge in [0.15, 0.2) is 0 Å². The molecule has 1 nitrogen and oxygen atoms in total. The molecule has 0 heterocycles. The Morgan fingerprint density at radius 2 is 1.71 bits per heavy atom. The summed E-state index contributed by atoms with van der Waals surface area (Å²) in [7, 11) is 0. The lowest BCUT2D eigenvalue weighted by Gasteiger charge is -2.06. The van der Waals surface area contributed by atoms with Crippen LogP contribution in [0.3, 0.4) is 0 Å². The number of halogens is 1. The third-order valence-electron chi connectivity index (χ3n) is 2.58. The van der Waals surface area contributed by atoms with E-state index < -0.39 is 0 Å². The Balaban J connectivity index is 2.19. The monoisotopic (exact) mass is 307 g/mol. The van der Waals surface area contributed by atoms with Crippen molar-refractivity contribution in [3.63, 3.8) is 0 Å². The first-order valence-electron chi connectivity index (χ1n) is 5.42. The van der Waals surface area contributed by atoms with E-state index in [1.54, 1.807) is 11.8 Å². The first-order chi connectivity index (χ1) is 8.19. The van der Waals surface area contributed by atoms with Crippen molar-refractivity contribution in [3.05, 3.63) is 58.1 Å². The fraction of sp³-hybridized carbons (Fsp3) is 0.143. The molecular formula is C14H14BrNS. The molecule has 88 valence electrons. The Morgan fingerprint density at radius 1 is 1.06 bits per heavy atom. The van der Waals surface area contributed by atoms with Crippen molar-refractivity contribution in [2.75, 3.05) is 0 Å². The Labute approximate surface area is 115 Å². The lowest BCUT2D eigenvalue weighted by molar-refractivity contribution is 1.04. The summed E-state index contributed by atoms with van der Waals surface area (Å²) in [4.78, 5) is 2.50. The summed E-state index contributed by atoms with van der Waals surface area (Å²) in [5.74, 6) is 0. The number of benzene rings is 2. The van der Waals surface area contributed by atoms with Crippen LogP contribution >= 0.6 is 27.7 Å². The van der Waals surface area contributed by atoms with E-state index in [1.807, 2.05) is 0 Å².